The highest BCUT2D eigenvalue weighted by Crippen LogP contribution is 2.27. The maximum absolute atomic E-state index is 13.0. The second kappa shape index (κ2) is 11.2. The molecule has 3 N–H and O–H groups in total. The lowest BCUT2D eigenvalue weighted by atomic mass is 9.84. The molecule has 1 aliphatic rings. The molecule has 9 nitrogen and oxygen atoms in total. The molecule has 0 saturated heterocycles. The Balaban J connectivity index is 1.49. The molecule has 1 aromatic carbocycles. The Labute approximate surface area is 174 Å². The summed E-state index contributed by atoms with van der Waals surface area (Å²) in [5, 5.41) is 19.5. The van der Waals surface area contributed by atoms with Gasteiger partial charge in [0.2, 0.25) is 11.8 Å². The van der Waals surface area contributed by atoms with Crippen molar-refractivity contribution < 1.29 is 14.0 Å². The smallest absolute Gasteiger partial charge is 0.242 e. The van der Waals surface area contributed by atoms with Gasteiger partial charge in [-0.3, -0.25) is 9.59 Å². The topological polar surface area (TPSA) is 114 Å². The first-order valence-electron chi connectivity index (χ1n) is 10.4. The molecule has 1 aliphatic carbocycles. The summed E-state index contributed by atoms with van der Waals surface area (Å²) in [7, 11) is 0. The number of amides is 2. The molecule has 2 amide bonds. The molecule has 1 unspecified atom stereocenters. The average Bonchev–Trinajstić information content (AvgIpc) is 3.25. The van der Waals surface area contributed by atoms with Crippen LogP contribution in [-0.2, 0) is 16.1 Å². The zero-order valence-corrected chi connectivity index (χ0v) is 16.9. The summed E-state index contributed by atoms with van der Waals surface area (Å²) in [6.07, 6.45) is 7.71. The lowest BCUT2D eigenvalue weighted by Crippen LogP contribution is -2.49. The summed E-state index contributed by atoms with van der Waals surface area (Å²) in [5.74, 6) is -0.369. The molecule has 162 valence electrons. The first kappa shape index (κ1) is 21.7. The highest BCUT2D eigenvalue weighted by atomic mass is 19.1. The maximum Gasteiger partial charge on any atom is 0.242 e. The highest BCUT2D eigenvalue weighted by molar-refractivity contribution is 5.87. The zero-order valence-electron chi connectivity index (χ0n) is 16.9. The first-order chi connectivity index (χ1) is 14.6. The molecule has 0 radical (unpaired) electrons. The van der Waals surface area contributed by atoms with Crippen molar-refractivity contribution in [2.75, 3.05) is 18.4 Å². The van der Waals surface area contributed by atoms with Crippen LogP contribution in [0, 0.1) is 11.7 Å². The van der Waals surface area contributed by atoms with Crippen LogP contribution in [0.15, 0.2) is 30.6 Å². The van der Waals surface area contributed by atoms with Gasteiger partial charge in [-0.15, -0.1) is 5.10 Å². The molecule has 1 saturated carbocycles. The normalized spacial score (nSPS) is 15.4. The summed E-state index contributed by atoms with van der Waals surface area (Å²) in [5.41, 5.74) is 0.777. The molecule has 0 aliphatic heterocycles. The van der Waals surface area contributed by atoms with E-state index in [9.17, 15) is 14.0 Å². The van der Waals surface area contributed by atoms with Crippen LogP contribution >= 0.6 is 0 Å². The van der Waals surface area contributed by atoms with Gasteiger partial charge >= 0.3 is 0 Å². The van der Waals surface area contributed by atoms with Crippen molar-refractivity contribution in [3.05, 3.63) is 36.4 Å². The number of anilines is 1. The molecule has 1 atom stereocenters. The Kier molecular flexibility index (Phi) is 8.10. The summed E-state index contributed by atoms with van der Waals surface area (Å²) < 4.78 is 14.3. The molecule has 2 aromatic rings. The number of rotatable bonds is 10. The lowest BCUT2D eigenvalue weighted by molar-refractivity contribution is -0.129. The highest BCUT2D eigenvalue weighted by Gasteiger charge is 2.25. The predicted molar refractivity (Wildman–Crippen MR) is 109 cm³/mol. The number of aromatic nitrogens is 4. The van der Waals surface area contributed by atoms with Gasteiger partial charge in [0.15, 0.2) is 0 Å². The SMILES string of the molecule is O=C(Cn1cnnn1)NC(CC1CCCCC1)C(=O)NCCNc1ccc(F)cc1. The van der Waals surface area contributed by atoms with Crippen LogP contribution in [-0.4, -0.2) is 51.2 Å². The Morgan fingerprint density at radius 1 is 1.13 bits per heavy atom. The zero-order chi connectivity index (χ0) is 21.2. The Bertz CT molecular complexity index is 792. The minimum Gasteiger partial charge on any atom is -0.383 e. The summed E-state index contributed by atoms with van der Waals surface area (Å²) in [4.78, 5) is 25.1. The molecule has 30 heavy (non-hydrogen) atoms. The Morgan fingerprint density at radius 2 is 1.90 bits per heavy atom. The van der Waals surface area contributed by atoms with Crippen LogP contribution in [0.2, 0.25) is 0 Å². The van der Waals surface area contributed by atoms with Crippen LogP contribution < -0.4 is 16.0 Å². The van der Waals surface area contributed by atoms with Gasteiger partial charge in [-0.05, 0) is 47.0 Å². The van der Waals surface area contributed by atoms with Gasteiger partial charge in [0.1, 0.15) is 24.7 Å². The quantitative estimate of drug-likeness (QED) is 0.505. The minimum atomic E-state index is -0.595. The van der Waals surface area contributed by atoms with E-state index in [4.69, 9.17) is 0 Å². The Morgan fingerprint density at radius 3 is 2.60 bits per heavy atom. The van der Waals surface area contributed by atoms with Gasteiger partial charge in [0.05, 0.1) is 0 Å². The lowest BCUT2D eigenvalue weighted by Gasteiger charge is -2.26. The predicted octanol–water partition coefficient (Wildman–Crippen LogP) is 1.50. The second-order valence-electron chi connectivity index (χ2n) is 7.59. The number of benzene rings is 1. The van der Waals surface area contributed by atoms with E-state index in [1.807, 2.05) is 0 Å². The van der Waals surface area contributed by atoms with Crippen molar-refractivity contribution in [3.63, 3.8) is 0 Å². The van der Waals surface area contributed by atoms with Crippen molar-refractivity contribution in [2.24, 2.45) is 5.92 Å². The molecule has 0 spiro atoms. The summed E-state index contributed by atoms with van der Waals surface area (Å²) in [6.45, 7) is 0.847. The van der Waals surface area contributed by atoms with Gasteiger partial charge in [0, 0.05) is 18.8 Å². The molecule has 3 rings (SSSR count). The number of nitrogens with zero attached hydrogens (tertiary/aromatic N) is 4. The summed E-state index contributed by atoms with van der Waals surface area (Å²) >= 11 is 0. The number of carbonyl (C=O) groups excluding carboxylic acids is 2. The number of tetrazole rings is 1. The standard InChI is InChI=1S/C20H28FN7O2/c21-16-6-8-17(9-7-16)22-10-11-23-20(30)18(12-15-4-2-1-3-5-15)25-19(29)13-28-14-24-26-27-28/h6-9,14-15,18,22H,1-5,10-13H2,(H,23,30)(H,25,29). The maximum atomic E-state index is 13.0. The number of carbonyl (C=O) groups is 2. The van der Waals surface area contributed by atoms with Crippen LogP contribution in [0.4, 0.5) is 10.1 Å². The van der Waals surface area contributed by atoms with Crippen LogP contribution in [0.5, 0.6) is 0 Å². The summed E-state index contributed by atoms with van der Waals surface area (Å²) in [6, 6.07) is 5.44. The van der Waals surface area contributed by atoms with Crippen molar-refractivity contribution in [1.29, 1.82) is 0 Å². The van der Waals surface area contributed by atoms with Gasteiger partial charge in [-0.2, -0.15) is 0 Å². The largest absolute Gasteiger partial charge is 0.383 e. The molecule has 1 fully saturated rings. The molecule has 1 aromatic heterocycles. The fourth-order valence-corrected chi connectivity index (χ4v) is 3.71. The van der Waals surface area contributed by atoms with Crippen LogP contribution in [0.3, 0.4) is 0 Å². The average molecular weight is 417 g/mol. The van der Waals surface area contributed by atoms with Gasteiger partial charge < -0.3 is 16.0 Å². The van der Waals surface area contributed by atoms with Crippen molar-refractivity contribution in [3.8, 4) is 0 Å². The first-order valence-corrected chi connectivity index (χ1v) is 10.4. The third-order valence-corrected chi connectivity index (χ3v) is 5.24. The van der Waals surface area contributed by atoms with Gasteiger partial charge in [0.25, 0.3) is 0 Å². The van der Waals surface area contributed by atoms with E-state index in [0.29, 0.717) is 25.4 Å². The fraction of sp³-hybridized carbons (Fsp3) is 0.550. The fourth-order valence-electron chi connectivity index (χ4n) is 3.71. The van der Waals surface area contributed by atoms with Crippen molar-refractivity contribution >= 4 is 17.5 Å². The number of halogens is 1. The van der Waals surface area contributed by atoms with Gasteiger partial charge in [-0.25, -0.2) is 9.07 Å². The van der Waals surface area contributed by atoms with Crippen LogP contribution in [0.25, 0.3) is 0 Å². The molecule has 10 heteroatoms. The second-order valence-corrected chi connectivity index (χ2v) is 7.59. The monoisotopic (exact) mass is 417 g/mol. The van der Waals surface area contributed by atoms with E-state index in [1.165, 1.54) is 42.4 Å². The Hall–Kier alpha value is -3.04. The molecule has 0 bridgehead atoms. The van der Waals surface area contributed by atoms with Crippen molar-refractivity contribution in [2.45, 2.75) is 51.1 Å². The van der Waals surface area contributed by atoms with E-state index in [2.05, 4.69) is 31.5 Å². The number of nitrogens with one attached hydrogen (secondary N) is 3. The van der Waals surface area contributed by atoms with E-state index >= 15 is 0 Å². The number of hydrogen-bond acceptors (Lipinski definition) is 6. The molecule has 1 heterocycles. The van der Waals surface area contributed by atoms with Crippen LogP contribution in [0.1, 0.15) is 38.5 Å². The number of hydrogen-bond donors (Lipinski definition) is 3. The van der Waals surface area contributed by atoms with E-state index in [-0.39, 0.29) is 24.2 Å². The third-order valence-electron chi connectivity index (χ3n) is 5.24. The molecular formula is C20H28FN7O2. The van der Waals surface area contributed by atoms with Gasteiger partial charge in [-0.1, -0.05) is 32.1 Å². The molecular weight excluding hydrogens is 389 g/mol. The van der Waals surface area contributed by atoms with E-state index in [0.717, 1.165) is 18.5 Å². The third kappa shape index (κ3) is 7.09. The van der Waals surface area contributed by atoms with E-state index in [1.54, 1.807) is 12.1 Å². The minimum absolute atomic E-state index is 0.0342. The van der Waals surface area contributed by atoms with E-state index < -0.39 is 6.04 Å². The van der Waals surface area contributed by atoms with Crippen molar-refractivity contribution in [1.82, 2.24) is 30.8 Å².